The minimum atomic E-state index is -0.408. The number of pyridine rings is 1. The fraction of sp³-hybridized carbons (Fsp3) is 0.0714. The second kappa shape index (κ2) is 4.72. The van der Waals surface area contributed by atoms with Gasteiger partial charge in [0.05, 0.1) is 10.6 Å². The topological polar surface area (TPSA) is 60.4 Å². The number of imidazole rings is 1. The number of rotatable bonds is 2. The van der Waals surface area contributed by atoms with Crippen LogP contribution >= 0.6 is 15.9 Å². The van der Waals surface area contributed by atoms with Crippen molar-refractivity contribution in [3.05, 3.63) is 62.9 Å². The maximum absolute atomic E-state index is 10.7. The first-order chi connectivity index (χ1) is 9.56. The summed E-state index contributed by atoms with van der Waals surface area (Å²) in [5.41, 5.74) is 3.63. The smallest absolute Gasteiger partial charge is 0.269 e. The number of aromatic nitrogens is 2. The van der Waals surface area contributed by atoms with E-state index in [4.69, 9.17) is 0 Å². The van der Waals surface area contributed by atoms with Crippen LogP contribution in [0.25, 0.3) is 16.9 Å². The van der Waals surface area contributed by atoms with E-state index in [9.17, 15) is 10.1 Å². The predicted octanol–water partition coefficient (Wildman–Crippen LogP) is 3.98. The molecular formula is C14H10BrN3O2. The second-order valence-corrected chi connectivity index (χ2v) is 5.28. The van der Waals surface area contributed by atoms with Gasteiger partial charge in [0.1, 0.15) is 5.65 Å². The van der Waals surface area contributed by atoms with Crippen molar-refractivity contribution in [2.24, 2.45) is 0 Å². The number of benzene rings is 1. The lowest BCUT2D eigenvalue weighted by Crippen LogP contribution is -1.89. The number of halogens is 1. The maximum atomic E-state index is 10.7. The Morgan fingerprint density at radius 1 is 1.20 bits per heavy atom. The molecule has 0 amide bonds. The third kappa shape index (κ3) is 2.08. The highest BCUT2D eigenvalue weighted by molar-refractivity contribution is 9.10. The highest BCUT2D eigenvalue weighted by Gasteiger charge is 2.09. The maximum Gasteiger partial charge on any atom is 0.269 e. The SMILES string of the molecule is Cc1c(Br)ccc2nc(-c3ccc([N+](=O)[O-])cc3)cn12. The van der Waals surface area contributed by atoms with E-state index in [-0.39, 0.29) is 5.69 Å². The molecule has 2 aromatic heterocycles. The molecule has 0 radical (unpaired) electrons. The zero-order valence-corrected chi connectivity index (χ0v) is 12.2. The van der Waals surface area contributed by atoms with Crippen LogP contribution in [0, 0.1) is 17.0 Å². The van der Waals surface area contributed by atoms with Crippen molar-refractivity contribution in [1.29, 1.82) is 0 Å². The Morgan fingerprint density at radius 3 is 2.55 bits per heavy atom. The standard InChI is InChI=1S/C14H10BrN3O2/c1-9-12(15)6-7-14-16-13(8-17(9)14)10-2-4-11(5-3-10)18(19)20/h2-8H,1H3. The van der Waals surface area contributed by atoms with Crippen LogP contribution in [0.2, 0.25) is 0 Å². The Balaban J connectivity index is 2.10. The van der Waals surface area contributed by atoms with E-state index in [1.165, 1.54) is 12.1 Å². The fourth-order valence-corrected chi connectivity index (χ4v) is 2.38. The summed E-state index contributed by atoms with van der Waals surface area (Å²) in [7, 11) is 0. The molecular weight excluding hydrogens is 322 g/mol. The van der Waals surface area contributed by atoms with E-state index < -0.39 is 4.92 Å². The quantitative estimate of drug-likeness (QED) is 0.527. The van der Waals surface area contributed by atoms with Gasteiger partial charge in [0.2, 0.25) is 0 Å². The molecule has 0 saturated carbocycles. The summed E-state index contributed by atoms with van der Waals surface area (Å²) in [6.45, 7) is 2.00. The van der Waals surface area contributed by atoms with Gasteiger partial charge in [-0.25, -0.2) is 4.98 Å². The number of hydrogen-bond acceptors (Lipinski definition) is 3. The van der Waals surface area contributed by atoms with Crippen LogP contribution in [-0.4, -0.2) is 14.3 Å². The molecule has 0 aliphatic rings. The molecule has 0 N–H and O–H groups in total. The Morgan fingerprint density at radius 2 is 1.90 bits per heavy atom. The van der Waals surface area contributed by atoms with Crippen molar-refractivity contribution in [3.8, 4) is 11.3 Å². The van der Waals surface area contributed by atoms with Crippen LogP contribution in [0.5, 0.6) is 0 Å². The van der Waals surface area contributed by atoms with Gasteiger partial charge in [-0.2, -0.15) is 0 Å². The summed E-state index contributed by atoms with van der Waals surface area (Å²) >= 11 is 3.48. The van der Waals surface area contributed by atoms with E-state index in [1.807, 2.05) is 29.7 Å². The molecule has 6 heteroatoms. The molecule has 100 valence electrons. The largest absolute Gasteiger partial charge is 0.303 e. The number of hydrogen-bond donors (Lipinski definition) is 0. The van der Waals surface area contributed by atoms with Gasteiger partial charge in [-0.1, -0.05) is 0 Å². The summed E-state index contributed by atoms with van der Waals surface area (Å²) < 4.78 is 3.00. The molecule has 2 heterocycles. The lowest BCUT2D eigenvalue weighted by atomic mass is 10.1. The predicted molar refractivity (Wildman–Crippen MR) is 79.7 cm³/mol. The lowest BCUT2D eigenvalue weighted by Gasteiger charge is -2.00. The van der Waals surface area contributed by atoms with Gasteiger partial charge in [-0.15, -0.1) is 0 Å². The van der Waals surface area contributed by atoms with Gasteiger partial charge in [0, 0.05) is 34.1 Å². The molecule has 0 aliphatic heterocycles. The molecule has 20 heavy (non-hydrogen) atoms. The number of nitrogens with zero attached hydrogens (tertiary/aromatic N) is 3. The molecule has 0 bridgehead atoms. The minimum Gasteiger partial charge on any atom is -0.303 e. The van der Waals surface area contributed by atoms with E-state index in [0.29, 0.717) is 0 Å². The molecule has 0 saturated heterocycles. The Bertz CT molecular complexity index is 809. The zero-order chi connectivity index (χ0) is 14.3. The van der Waals surface area contributed by atoms with Gasteiger partial charge in [-0.05, 0) is 47.1 Å². The molecule has 0 fully saturated rings. The minimum absolute atomic E-state index is 0.0800. The monoisotopic (exact) mass is 331 g/mol. The Kier molecular flexibility index (Phi) is 3.02. The first-order valence-corrected chi connectivity index (χ1v) is 6.74. The van der Waals surface area contributed by atoms with E-state index >= 15 is 0 Å². The van der Waals surface area contributed by atoms with Gasteiger partial charge in [0.15, 0.2) is 0 Å². The van der Waals surface area contributed by atoms with Gasteiger partial charge in [0.25, 0.3) is 5.69 Å². The highest BCUT2D eigenvalue weighted by Crippen LogP contribution is 2.24. The van der Waals surface area contributed by atoms with E-state index in [1.54, 1.807) is 12.1 Å². The molecule has 0 aliphatic carbocycles. The molecule has 1 aromatic carbocycles. The summed E-state index contributed by atoms with van der Waals surface area (Å²) in [6.07, 6.45) is 1.93. The Labute approximate surface area is 123 Å². The summed E-state index contributed by atoms with van der Waals surface area (Å²) in [4.78, 5) is 14.8. The van der Waals surface area contributed by atoms with Gasteiger partial charge >= 0.3 is 0 Å². The number of nitro groups is 1. The van der Waals surface area contributed by atoms with Crippen molar-refractivity contribution in [1.82, 2.24) is 9.38 Å². The molecule has 3 aromatic rings. The zero-order valence-electron chi connectivity index (χ0n) is 10.6. The Hall–Kier alpha value is -2.21. The fourth-order valence-electron chi connectivity index (χ4n) is 2.06. The van der Waals surface area contributed by atoms with E-state index in [2.05, 4.69) is 20.9 Å². The van der Waals surface area contributed by atoms with Gasteiger partial charge in [-0.3, -0.25) is 10.1 Å². The van der Waals surface area contributed by atoms with Crippen LogP contribution in [0.1, 0.15) is 5.69 Å². The normalized spacial score (nSPS) is 10.9. The van der Waals surface area contributed by atoms with Crippen LogP contribution in [0.3, 0.4) is 0 Å². The first-order valence-electron chi connectivity index (χ1n) is 5.95. The molecule has 5 nitrogen and oxygen atoms in total. The van der Waals surface area contributed by atoms with Crippen LogP contribution in [0.15, 0.2) is 47.1 Å². The van der Waals surface area contributed by atoms with E-state index in [0.717, 1.165) is 27.1 Å². The number of aryl methyl sites for hydroxylation is 1. The van der Waals surface area contributed by atoms with Crippen LogP contribution in [0.4, 0.5) is 5.69 Å². The third-order valence-electron chi connectivity index (χ3n) is 3.19. The van der Waals surface area contributed by atoms with Crippen molar-refractivity contribution in [3.63, 3.8) is 0 Å². The van der Waals surface area contributed by atoms with Crippen molar-refractivity contribution in [2.75, 3.05) is 0 Å². The number of non-ortho nitro benzene ring substituents is 1. The number of fused-ring (bicyclic) bond motifs is 1. The molecule has 0 unspecified atom stereocenters. The average molecular weight is 332 g/mol. The van der Waals surface area contributed by atoms with Gasteiger partial charge < -0.3 is 4.40 Å². The molecule has 3 rings (SSSR count). The van der Waals surface area contributed by atoms with Crippen molar-refractivity contribution < 1.29 is 4.92 Å². The van der Waals surface area contributed by atoms with Crippen molar-refractivity contribution >= 4 is 27.3 Å². The molecule has 0 atom stereocenters. The third-order valence-corrected chi connectivity index (χ3v) is 4.03. The van der Waals surface area contributed by atoms with Crippen molar-refractivity contribution in [2.45, 2.75) is 6.92 Å². The summed E-state index contributed by atoms with van der Waals surface area (Å²) in [5.74, 6) is 0. The summed E-state index contributed by atoms with van der Waals surface area (Å²) in [5, 5.41) is 10.7. The highest BCUT2D eigenvalue weighted by atomic mass is 79.9. The van der Waals surface area contributed by atoms with Crippen LogP contribution in [-0.2, 0) is 0 Å². The first kappa shape index (κ1) is 12.8. The number of nitro benzene ring substituents is 1. The summed E-state index contributed by atoms with van der Waals surface area (Å²) in [6, 6.07) is 10.3. The lowest BCUT2D eigenvalue weighted by molar-refractivity contribution is -0.384. The van der Waals surface area contributed by atoms with Crippen LogP contribution < -0.4 is 0 Å². The average Bonchev–Trinajstić information content (AvgIpc) is 2.88. The molecule has 0 spiro atoms. The second-order valence-electron chi connectivity index (χ2n) is 4.43.